The van der Waals surface area contributed by atoms with Crippen molar-refractivity contribution < 1.29 is 14.3 Å². The van der Waals surface area contributed by atoms with Crippen molar-refractivity contribution in [3.63, 3.8) is 0 Å². The summed E-state index contributed by atoms with van der Waals surface area (Å²) in [5.74, 6) is -0.531. The topological polar surface area (TPSA) is 60.3 Å². The third-order valence-electron chi connectivity index (χ3n) is 3.31. The fourth-order valence-electron chi connectivity index (χ4n) is 2.09. The van der Waals surface area contributed by atoms with Crippen LogP contribution in [0.2, 0.25) is 0 Å². The van der Waals surface area contributed by atoms with Crippen LogP contribution in [0, 0.1) is 5.41 Å². The molecule has 1 aromatic rings. The first-order valence-corrected chi connectivity index (χ1v) is 7.34. The molecule has 0 aliphatic rings. The van der Waals surface area contributed by atoms with Gasteiger partial charge in [-0.3, -0.25) is 4.79 Å². The van der Waals surface area contributed by atoms with Crippen LogP contribution >= 0.6 is 0 Å². The summed E-state index contributed by atoms with van der Waals surface area (Å²) >= 11 is 0. The van der Waals surface area contributed by atoms with Gasteiger partial charge >= 0.3 is 5.97 Å². The number of esters is 1. The molecule has 0 saturated heterocycles. The van der Waals surface area contributed by atoms with E-state index in [1.54, 1.807) is 6.92 Å². The minimum Gasteiger partial charge on any atom is -0.464 e. The summed E-state index contributed by atoms with van der Waals surface area (Å²) in [6.07, 6.45) is 4.16. The average Bonchev–Trinajstić information content (AvgIpc) is 2.88. The first-order valence-electron chi connectivity index (χ1n) is 7.34. The third-order valence-corrected chi connectivity index (χ3v) is 3.31. The van der Waals surface area contributed by atoms with Gasteiger partial charge < -0.3 is 14.6 Å². The van der Waals surface area contributed by atoms with E-state index < -0.39 is 11.5 Å². The minimum atomic E-state index is -0.637. The van der Waals surface area contributed by atoms with Gasteiger partial charge in [0.05, 0.1) is 6.61 Å². The molecule has 1 unspecified atom stereocenters. The van der Waals surface area contributed by atoms with Crippen LogP contribution in [0.3, 0.4) is 0 Å². The molecule has 21 heavy (non-hydrogen) atoms. The minimum absolute atomic E-state index is 0.0443. The van der Waals surface area contributed by atoms with Crippen molar-refractivity contribution >= 4 is 11.9 Å². The number of aromatic nitrogens is 1. The van der Waals surface area contributed by atoms with E-state index >= 15 is 0 Å². The largest absolute Gasteiger partial charge is 0.464 e. The predicted octanol–water partition coefficient (Wildman–Crippen LogP) is 2.53. The van der Waals surface area contributed by atoms with Gasteiger partial charge in [0.25, 0.3) is 0 Å². The lowest BCUT2D eigenvalue weighted by molar-refractivity contribution is -0.150. The van der Waals surface area contributed by atoms with Gasteiger partial charge in [-0.05, 0) is 31.4 Å². The van der Waals surface area contributed by atoms with Gasteiger partial charge in [-0.2, -0.15) is 0 Å². The molecule has 0 bridgehead atoms. The molecule has 0 aromatic carbocycles. The predicted molar refractivity (Wildman–Crippen MR) is 81.8 cm³/mol. The summed E-state index contributed by atoms with van der Waals surface area (Å²) in [6.45, 7) is 9.75. The van der Waals surface area contributed by atoms with E-state index in [-0.39, 0.29) is 17.9 Å². The number of nitrogens with one attached hydrogen (secondary N) is 1. The van der Waals surface area contributed by atoms with E-state index in [2.05, 4.69) is 5.32 Å². The lowest BCUT2D eigenvalue weighted by Crippen LogP contribution is -2.50. The van der Waals surface area contributed by atoms with Crippen molar-refractivity contribution in [3.05, 3.63) is 24.5 Å². The van der Waals surface area contributed by atoms with E-state index in [9.17, 15) is 9.59 Å². The maximum Gasteiger partial charge on any atom is 0.329 e. The molecule has 1 N–H and O–H groups in total. The first-order chi connectivity index (χ1) is 9.75. The summed E-state index contributed by atoms with van der Waals surface area (Å²) in [7, 11) is 0. The SMILES string of the molecule is CCOC(=O)[C@@H](NC(=O)CC(C)n1cccc1)C(C)(C)C. The number of carbonyl (C=O) groups excluding carboxylic acids is 2. The number of carbonyl (C=O) groups is 2. The molecule has 1 aromatic heterocycles. The maximum absolute atomic E-state index is 12.2. The second-order valence-electron chi connectivity index (χ2n) is 6.30. The molecule has 0 aliphatic heterocycles. The Bertz CT molecular complexity index is 460. The lowest BCUT2D eigenvalue weighted by atomic mass is 9.86. The number of rotatable bonds is 6. The van der Waals surface area contributed by atoms with Gasteiger partial charge in [0.15, 0.2) is 0 Å². The molecule has 5 nitrogen and oxygen atoms in total. The van der Waals surface area contributed by atoms with Crippen LogP contribution in [-0.4, -0.2) is 29.1 Å². The highest BCUT2D eigenvalue weighted by atomic mass is 16.5. The Labute approximate surface area is 126 Å². The van der Waals surface area contributed by atoms with Gasteiger partial charge in [-0.25, -0.2) is 4.79 Å². The average molecular weight is 294 g/mol. The summed E-state index contributed by atoms with van der Waals surface area (Å²) in [5, 5.41) is 2.81. The molecule has 1 heterocycles. The van der Waals surface area contributed by atoms with Crippen LogP contribution in [0.15, 0.2) is 24.5 Å². The molecular formula is C16H26N2O3. The molecule has 5 heteroatoms. The molecule has 0 aliphatic carbocycles. The van der Waals surface area contributed by atoms with Gasteiger partial charge in [-0.1, -0.05) is 20.8 Å². The number of nitrogens with zero attached hydrogens (tertiary/aromatic N) is 1. The molecule has 0 fully saturated rings. The van der Waals surface area contributed by atoms with Crippen LogP contribution in [-0.2, 0) is 14.3 Å². The Kier molecular flexibility index (Phi) is 6.00. The van der Waals surface area contributed by atoms with Crippen molar-refractivity contribution in [1.29, 1.82) is 0 Å². The van der Waals surface area contributed by atoms with Crippen LogP contribution < -0.4 is 5.32 Å². The van der Waals surface area contributed by atoms with E-state index in [4.69, 9.17) is 4.74 Å². The van der Waals surface area contributed by atoms with Crippen LogP contribution in [0.1, 0.15) is 47.1 Å². The monoisotopic (exact) mass is 294 g/mol. The van der Waals surface area contributed by atoms with Crippen molar-refractivity contribution in [1.82, 2.24) is 9.88 Å². The fraction of sp³-hybridized carbons (Fsp3) is 0.625. The Morgan fingerprint density at radius 2 is 1.81 bits per heavy atom. The number of hydrogen-bond donors (Lipinski definition) is 1. The Morgan fingerprint density at radius 1 is 1.24 bits per heavy atom. The molecule has 0 saturated carbocycles. The van der Waals surface area contributed by atoms with E-state index in [1.165, 1.54) is 0 Å². The van der Waals surface area contributed by atoms with Crippen molar-refractivity contribution in [2.45, 2.75) is 53.1 Å². The van der Waals surface area contributed by atoms with E-state index in [0.29, 0.717) is 13.0 Å². The highest BCUT2D eigenvalue weighted by molar-refractivity contribution is 5.85. The van der Waals surface area contributed by atoms with Crippen molar-refractivity contribution in [3.8, 4) is 0 Å². The molecule has 118 valence electrons. The smallest absolute Gasteiger partial charge is 0.329 e. The van der Waals surface area contributed by atoms with Crippen molar-refractivity contribution in [2.75, 3.05) is 6.61 Å². The highest BCUT2D eigenvalue weighted by Crippen LogP contribution is 2.21. The lowest BCUT2D eigenvalue weighted by Gasteiger charge is -2.29. The maximum atomic E-state index is 12.2. The first kappa shape index (κ1) is 17.3. The Balaban J connectivity index is 2.66. The molecule has 1 amide bonds. The standard InChI is InChI=1S/C16H26N2O3/c1-6-21-15(20)14(16(3,4)5)17-13(19)11-12(2)18-9-7-8-10-18/h7-10,12,14H,6,11H2,1-5H3,(H,17,19)/t12?,14-/m1/s1. The zero-order chi connectivity index (χ0) is 16.0. The zero-order valence-corrected chi connectivity index (χ0v) is 13.6. The van der Waals surface area contributed by atoms with Crippen LogP contribution in [0.5, 0.6) is 0 Å². The molecular weight excluding hydrogens is 268 g/mol. The quantitative estimate of drug-likeness (QED) is 0.820. The van der Waals surface area contributed by atoms with Gasteiger partial charge in [0.2, 0.25) is 5.91 Å². The Hall–Kier alpha value is -1.78. The zero-order valence-electron chi connectivity index (χ0n) is 13.6. The highest BCUT2D eigenvalue weighted by Gasteiger charge is 2.34. The number of ether oxygens (including phenoxy) is 1. The molecule has 1 rings (SSSR count). The van der Waals surface area contributed by atoms with Crippen LogP contribution in [0.25, 0.3) is 0 Å². The molecule has 2 atom stereocenters. The van der Waals surface area contributed by atoms with Gasteiger partial charge in [-0.15, -0.1) is 0 Å². The van der Waals surface area contributed by atoms with Crippen molar-refractivity contribution in [2.24, 2.45) is 5.41 Å². The summed E-state index contributed by atoms with van der Waals surface area (Å²) in [6, 6.07) is 3.25. The fourth-order valence-corrected chi connectivity index (χ4v) is 2.09. The molecule has 0 radical (unpaired) electrons. The summed E-state index contributed by atoms with van der Waals surface area (Å²) in [5.41, 5.74) is -0.390. The van der Waals surface area contributed by atoms with Crippen LogP contribution in [0.4, 0.5) is 0 Å². The normalized spacial score (nSPS) is 14.3. The summed E-state index contributed by atoms with van der Waals surface area (Å²) < 4.78 is 7.02. The third kappa shape index (κ3) is 5.25. The van der Waals surface area contributed by atoms with Gasteiger partial charge in [0.1, 0.15) is 6.04 Å². The molecule has 0 spiro atoms. The van der Waals surface area contributed by atoms with Gasteiger partial charge in [0, 0.05) is 24.9 Å². The number of hydrogen-bond acceptors (Lipinski definition) is 3. The van der Waals surface area contributed by atoms with E-state index in [0.717, 1.165) is 0 Å². The Morgan fingerprint density at radius 3 is 2.29 bits per heavy atom. The summed E-state index contributed by atoms with van der Waals surface area (Å²) in [4.78, 5) is 24.2. The number of amides is 1. The second kappa shape index (κ2) is 7.29. The second-order valence-corrected chi connectivity index (χ2v) is 6.30. The van der Waals surface area contributed by atoms with E-state index in [1.807, 2.05) is 56.8 Å².